The molecule has 4 N–H and O–H groups in total. The van der Waals surface area contributed by atoms with Crippen LogP contribution in [0.3, 0.4) is 0 Å². The quantitative estimate of drug-likeness (QED) is 0.332. The molecule has 0 aromatic heterocycles. The third kappa shape index (κ3) is 18.2. The van der Waals surface area contributed by atoms with Gasteiger partial charge in [-0.25, -0.2) is 0 Å². The molecule has 0 bridgehead atoms. The van der Waals surface area contributed by atoms with Gasteiger partial charge in [0.05, 0.1) is 0 Å². The van der Waals surface area contributed by atoms with Crippen LogP contribution >= 0.6 is 0 Å². The average Bonchev–Trinajstić information content (AvgIpc) is 2.61. The summed E-state index contributed by atoms with van der Waals surface area (Å²) in [4.78, 5) is 23.0. The first-order chi connectivity index (χ1) is 12.2. The van der Waals surface area contributed by atoms with Crippen LogP contribution in [0.15, 0.2) is 0 Å². The zero-order chi connectivity index (χ0) is 18.6. The first-order valence-electron chi connectivity index (χ1n) is 9.33. The van der Waals surface area contributed by atoms with Crippen molar-refractivity contribution in [3.8, 4) is 23.7 Å². The Morgan fingerprint density at radius 1 is 0.800 bits per heavy atom. The van der Waals surface area contributed by atoms with Crippen molar-refractivity contribution in [3.63, 3.8) is 0 Å². The Morgan fingerprint density at radius 3 is 1.96 bits per heavy atom. The number of rotatable bonds is 14. The number of hydrogen-bond donors (Lipinski definition) is 3. The van der Waals surface area contributed by atoms with Crippen LogP contribution in [0, 0.1) is 23.7 Å². The van der Waals surface area contributed by atoms with Crippen molar-refractivity contribution < 1.29 is 9.59 Å². The summed E-state index contributed by atoms with van der Waals surface area (Å²) in [6.07, 6.45) is 9.27. The Morgan fingerprint density at radius 2 is 1.36 bits per heavy atom. The molecule has 5 heteroatoms. The molecule has 0 aliphatic carbocycles. The molecule has 2 amide bonds. The standard InChI is InChI=1S/C20H33N3O2/c1-2-3-4-5-6-7-8-9-10-11-12-14-19(24)22-17-18-23-20(25)15-13-16-21/h6-18,21H2,1H3,(H,22,24)(H,23,25). The van der Waals surface area contributed by atoms with E-state index < -0.39 is 0 Å². The van der Waals surface area contributed by atoms with E-state index in [1.165, 1.54) is 12.8 Å². The maximum absolute atomic E-state index is 11.7. The summed E-state index contributed by atoms with van der Waals surface area (Å²) in [6, 6.07) is 0. The summed E-state index contributed by atoms with van der Waals surface area (Å²) in [5.74, 6) is 11.4. The molecule has 0 spiro atoms. The minimum atomic E-state index is -0.0102. The van der Waals surface area contributed by atoms with Crippen LogP contribution in [-0.4, -0.2) is 31.4 Å². The predicted molar refractivity (Wildman–Crippen MR) is 102 cm³/mol. The van der Waals surface area contributed by atoms with Crippen molar-refractivity contribution in [3.05, 3.63) is 0 Å². The Hall–Kier alpha value is -1.98. The minimum Gasteiger partial charge on any atom is -0.354 e. The van der Waals surface area contributed by atoms with Gasteiger partial charge in [0.1, 0.15) is 0 Å². The van der Waals surface area contributed by atoms with Crippen molar-refractivity contribution in [2.75, 3.05) is 19.6 Å². The van der Waals surface area contributed by atoms with E-state index in [2.05, 4.69) is 34.3 Å². The molecule has 0 fully saturated rings. The zero-order valence-corrected chi connectivity index (χ0v) is 15.6. The Labute approximate surface area is 152 Å². The molecule has 0 aliphatic rings. The molecule has 0 saturated carbocycles. The van der Waals surface area contributed by atoms with E-state index in [4.69, 9.17) is 5.73 Å². The van der Waals surface area contributed by atoms with Crippen LogP contribution in [0.5, 0.6) is 0 Å². The lowest BCUT2D eigenvalue weighted by Crippen LogP contribution is -2.34. The van der Waals surface area contributed by atoms with Crippen LogP contribution < -0.4 is 16.4 Å². The highest BCUT2D eigenvalue weighted by molar-refractivity contribution is 5.77. The molecular weight excluding hydrogens is 314 g/mol. The summed E-state index contributed by atoms with van der Waals surface area (Å²) in [6.45, 7) is 3.27. The first kappa shape index (κ1) is 23.0. The van der Waals surface area contributed by atoms with Crippen molar-refractivity contribution in [1.82, 2.24) is 10.6 Å². The van der Waals surface area contributed by atoms with E-state index in [1.807, 2.05) is 0 Å². The second-order valence-electron chi connectivity index (χ2n) is 5.89. The van der Waals surface area contributed by atoms with Crippen molar-refractivity contribution in [2.45, 2.75) is 71.1 Å². The smallest absolute Gasteiger partial charge is 0.220 e. The van der Waals surface area contributed by atoms with E-state index in [0.29, 0.717) is 38.9 Å². The van der Waals surface area contributed by atoms with E-state index in [0.717, 1.165) is 32.1 Å². The van der Waals surface area contributed by atoms with Gasteiger partial charge in [0.15, 0.2) is 0 Å². The second kappa shape index (κ2) is 18.4. The Kier molecular flexibility index (Phi) is 16.9. The summed E-state index contributed by atoms with van der Waals surface area (Å²) in [5.41, 5.74) is 5.34. The predicted octanol–water partition coefficient (Wildman–Crippen LogP) is 2.11. The van der Waals surface area contributed by atoms with Gasteiger partial charge in [-0.1, -0.05) is 37.5 Å². The van der Waals surface area contributed by atoms with E-state index in [-0.39, 0.29) is 11.8 Å². The molecule has 0 aromatic carbocycles. The molecule has 0 rings (SSSR count). The zero-order valence-electron chi connectivity index (χ0n) is 15.6. The van der Waals surface area contributed by atoms with Gasteiger partial charge < -0.3 is 16.4 Å². The molecule has 0 radical (unpaired) electrons. The highest BCUT2D eigenvalue weighted by atomic mass is 16.2. The Bertz CT molecular complexity index is 481. The van der Waals surface area contributed by atoms with Crippen LogP contribution in [0.25, 0.3) is 0 Å². The van der Waals surface area contributed by atoms with E-state index in [9.17, 15) is 9.59 Å². The molecule has 0 saturated heterocycles. The first-order valence-corrected chi connectivity index (χ1v) is 9.33. The molecule has 0 aliphatic heterocycles. The van der Waals surface area contributed by atoms with Gasteiger partial charge in [0.25, 0.3) is 0 Å². The topological polar surface area (TPSA) is 84.2 Å². The Balaban J connectivity index is 3.34. The van der Waals surface area contributed by atoms with Crippen molar-refractivity contribution in [2.24, 2.45) is 5.73 Å². The molecule has 0 unspecified atom stereocenters. The van der Waals surface area contributed by atoms with Crippen LogP contribution in [0.4, 0.5) is 0 Å². The number of hydrogen-bond acceptors (Lipinski definition) is 3. The fourth-order valence-electron chi connectivity index (χ4n) is 2.22. The van der Waals surface area contributed by atoms with Gasteiger partial charge in [-0.15, -0.1) is 0 Å². The van der Waals surface area contributed by atoms with Crippen LogP contribution in [0.1, 0.15) is 71.1 Å². The SMILES string of the molecule is CC#CC#CCCCCCCCCC(=O)NCCNC(=O)CCCN. The van der Waals surface area contributed by atoms with Gasteiger partial charge in [0.2, 0.25) is 11.8 Å². The maximum Gasteiger partial charge on any atom is 0.220 e. The van der Waals surface area contributed by atoms with Gasteiger partial charge in [-0.05, 0) is 44.6 Å². The summed E-state index contributed by atoms with van der Waals surface area (Å²) < 4.78 is 0. The fourth-order valence-corrected chi connectivity index (χ4v) is 2.22. The summed E-state index contributed by atoms with van der Waals surface area (Å²) in [7, 11) is 0. The number of amides is 2. The highest BCUT2D eigenvalue weighted by Gasteiger charge is 2.02. The summed E-state index contributed by atoms with van der Waals surface area (Å²) in [5, 5.41) is 5.58. The van der Waals surface area contributed by atoms with Gasteiger partial charge in [-0.2, -0.15) is 0 Å². The number of unbranched alkanes of at least 4 members (excludes halogenated alkanes) is 6. The van der Waals surface area contributed by atoms with Crippen molar-refractivity contribution in [1.29, 1.82) is 0 Å². The number of carbonyl (C=O) groups is 2. The van der Waals surface area contributed by atoms with Gasteiger partial charge in [0, 0.05) is 32.4 Å². The van der Waals surface area contributed by atoms with Crippen molar-refractivity contribution >= 4 is 11.8 Å². The maximum atomic E-state index is 11.7. The second-order valence-corrected chi connectivity index (χ2v) is 5.89. The van der Waals surface area contributed by atoms with E-state index >= 15 is 0 Å². The summed E-state index contributed by atoms with van der Waals surface area (Å²) >= 11 is 0. The average molecular weight is 348 g/mol. The highest BCUT2D eigenvalue weighted by Crippen LogP contribution is 2.08. The third-order valence-electron chi connectivity index (χ3n) is 3.61. The monoisotopic (exact) mass is 347 g/mol. The molecule has 140 valence electrons. The van der Waals surface area contributed by atoms with Crippen LogP contribution in [0.2, 0.25) is 0 Å². The molecular formula is C20H33N3O2. The molecule has 0 atom stereocenters. The molecule has 0 heterocycles. The number of nitrogens with two attached hydrogens (primary N) is 1. The number of nitrogens with one attached hydrogen (secondary N) is 2. The lowest BCUT2D eigenvalue weighted by molar-refractivity contribution is -0.123. The van der Waals surface area contributed by atoms with Crippen LogP contribution in [-0.2, 0) is 9.59 Å². The fraction of sp³-hybridized carbons (Fsp3) is 0.700. The lowest BCUT2D eigenvalue weighted by atomic mass is 10.1. The largest absolute Gasteiger partial charge is 0.354 e. The number of carbonyl (C=O) groups excluding carboxylic acids is 2. The normalized spacial score (nSPS) is 9.36. The van der Waals surface area contributed by atoms with Gasteiger partial charge >= 0.3 is 0 Å². The third-order valence-corrected chi connectivity index (χ3v) is 3.61. The lowest BCUT2D eigenvalue weighted by Gasteiger charge is -2.07. The van der Waals surface area contributed by atoms with E-state index in [1.54, 1.807) is 6.92 Å². The van der Waals surface area contributed by atoms with Gasteiger partial charge in [-0.3, -0.25) is 9.59 Å². The minimum absolute atomic E-state index is 0.0102. The molecule has 0 aromatic rings. The molecule has 5 nitrogen and oxygen atoms in total. The molecule has 25 heavy (non-hydrogen) atoms.